The number of aromatic carboxylic acids is 1. The molecule has 6 heteroatoms. The maximum atomic E-state index is 11.2. The van der Waals surface area contributed by atoms with E-state index in [2.05, 4.69) is 19.2 Å². The van der Waals surface area contributed by atoms with Crippen LogP contribution in [0.15, 0.2) is 12.1 Å². The largest absolute Gasteiger partial charge is 0.478 e. The number of benzene rings is 1. The first-order valence-electron chi connectivity index (χ1n) is 6.32. The number of carbonyl (C=O) groups is 1. The summed E-state index contributed by atoms with van der Waals surface area (Å²) in [7, 11) is 1.66. The Labute approximate surface area is 124 Å². The van der Waals surface area contributed by atoms with Crippen LogP contribution in [0.25, 0.3) is 0 Å². The van der Waals surface area contributed by atoms with Gasteiger partial charge in [0.15, 0.2) is 0 Å². The highest BCUT2D eigenvalue weighted by molar-refractivity contribution is 6.34. The van der Waals surface area contributed by atoms with Gasteiger partial charge in [-0.15, -0.1) is 0 Å². The van der Waals surface area contributed by atoms with Crippen LogP contribution in [0.3, 0.4) is 0 Å². The Morgan fingerprint density at radius 1 is 1.50 bits per heavy atom. The van der Waals surface area contributed by atoms with Gasteiger partial charge in [0.25, 0.3) is 0 Å². The van der Waals surface area contributed by atoms with Crippen molar-refractivity contribution in [3.8, 4) is 0 Å². The molecule has 0 fully saturated rings. The van der Waals surface area contributed by atoms with Gasteiger partial charge in [-0.1, -0.05) is 25.4 Å². The number of ether oxygens (including phenoxy) is 1. The third-order valence-corrected chi connectivity index (χ3v) is 3.37. The van der Waals surface area contributed by atoms with Gasteiger partial charge in [-0.3, -0.25) is 0 Å². The number of carboxylic acids is 1. The first-order chi connectivity index (χ1) is 9.26. The Bertz CT molecular complexity index is 490. The zero-order valence-electron chi connectivity index (χ0n) is 12.0. The molecule has 0 heterocycles. The molecule has 4 N–H and O–H groups in total. The van der Waals surface area contributed by atoms with Crippen LogP contribution in [-0.2, 0) is 4.74 Å². The molecule has 0 saturated heterocycles. The second kappa shape index (κ2) is 6.81. The molecule has 0 saturated carbocycles. The van der Waals surface area contributed by atoms with Gasteiger partial charge in [0.2, 0.25) is 0 Å². The molecular weight excluding hydrogens is 280 g/mol. The molecule has 0 radical (unpaired) electrons. The Balaban J connectivity index is 2.89. The lowest BCUT2D eigenvalue weighted by Crippen LogP contribution is -2.25. The van der Waals surface area contributed by atoms with Crippen molar-refractivity contribution in [2.45, 2.75) is 20.3 Å². The number of rotatable bonds is 7. The molecule has 0 aliphatic rings. The van der Waals surface area contributed by atoms with E-state index in [4.69, 9.17) is 22.1 Å². The van der Waals surface area contributed by atoms with Crippen molar-refractivity contribution in [3.63, 3.8) is 0 Å². The summed E-state index contributed by atoms with van der Waals surface area (Å²) in [5, 5.41) is 12.6. The van der Waals surface area contributed by atoms with Crippen LogP contribution >= 0.6 is 11.6 Å². The highest BCUT2D eigenvalue weighted by Gasteiger charge is 2.20. The summed E-state index contributed by atoms with van der Waals surface area (Å²) in [5.41, 5.74) is 6.39. The molecular formula is C14H21ClN2O3. The second-order valence-corrected chi connectivity index (χ2v) is 5.90. The molecule has 0 aromatic heterocycles. The highest BCUT2D eigenvalue weighted by atomic mass is 35.5. The smallest absolute Gasteiger partial charge is 0.337 e. The maximum Gasteiger partial charge on any atom is 0.337 e. The van der Waals surface area contributed by atoms with Gasteiger partial charge >= 0.3 is 5.97 Å². The SMILES string of the molecule is COCCC(C)(C)CNc1c(Cl)cc(N)cc1C(=O)O. The lowest BCUT2D eigenvalue weighted by molar-refractivity contribution is 0.0698. The number of nitrogens with one attached hydrogen (secondary N) is 1. The third kappa shape index (κ3) is 4.58. The molecule has 112 valence electrons. The molecule has 1 aromatic carbocycles. The number of halogens is 1. The molecule has 5 nitrogen and oxygen atoms in total. The summed E-state index contributed by atoms with van der Waals surface area (Å²) in [6, 6.07) is 2.94. The summed E-state index contributed by atoms with van der Waals surface area (Å²) in [4.78, 5) is 11.2. The number of nitrogens with two attached hydrogens (primary N) is 1. The van der Waals surface area contributed by atoms with Crippen molar-refractivity contribution in [2.75, 3.05) is 31.3 Å². The van der Waals surface area contributed by atoms with E-state index in [1.807, 2.05) is 0 Å². The summed E-state index contributed by atoms with van der Waals surface area (Å²) in [6.07, 6.45) is 0.853. The summed E-state index contributed by atoms with van der Waals surface area (Å²) >= 11 is 6.08. The van der Waals surface area contributed by atoms with Crippen molar-refractivity contribution >= 4 is 28.9 Å². The first kappa shape index (κ1) is 16.6. The quantitative estimate of drug-likeness (QED) is 0.674. The van der Waals surface area contributed by atoms with E-state index < -0.39 is 5.97 Å². The molecule has 0 aliphatic carbocycles. The first-order valence-corrected chi connectivity index (χ1v) is 6.70. The van der Waals surface area contributed by atoms with Gasteiger partial charge in [-0.25, -0.2) is 4.79 Å². The number of methoxy groups -OCH3 is 1. The fourth-order valence-corrected chi connectivity index (χ4v) is 2.06. The Morgan fingerprint density at radius 2 is 2.15 bits per heavy atom. The van der Waals surface area contributed by atoms with Gasteiger partial charge in [0.05, 0.1) is 16.3 Å². The molecule has 0 amide bonds. The normalized spacial score (nSPS) is 11.4. The number of carboxylic acid groups (broad SMARTS) is 1. The molecule has 1 aromatic rings. The zero-order valence-corrected chi connectivity index (χ0v) is 12.8. The van der Waals surface area contributed by atoms with Crippen molar-refractivity contribution in [3.05, 3.63) is 22.7 Å². The standard InChI is InChI=1S/C14H21ClN2O3/c1-14(2,4-5-20-3)8-17-12-10(13(18)19)6-9(16)7-11(12)15/h6-7,17H,4-5,8,16H2,1-3H3,(H,18,19). The fourth-order valence-electron chi connectivity index (χ4n) is 1.77. The number of nitrogen functional groups attached to an aromatic ring is 1. The van der Waals surface area contributed by atoms with E-state index in [0.717, 1.165) is 6.42 Å². The van der Waals surface area contributed by atoms with E-state index in [0.29, 0.717) is 29.5 Å². The Kier molecular flexibility index (Phi) is 5.65. The molecule has 0 spiro atoms. The molecule has 0 unspecified atom stereocenters. The van der Waals surface area contributed by atoms with Crippen molar-refractivity contribution in [2.24, 2.45) is 5.41 Å². The predicted molar refractivity (Wildman–Crippen MR) is 81.6 cm³/mol. The van der Waals surface area contributed by atoms with E-state index in [9.17, 15) is 9.90 Å². The van der Waals surface area contributed by atoms with Gasteiger partial charge in [-0.05, 0) is 24.0 Å². The molecule has 20 heavy (non-hydrogen) atoms. The molecule has 0 aliphatic heterocycles. The van der Waals surface area contributed by atoms with E-state index >= 15 is 0 Å². The highest BCUT2D eigenvalue weighted by Crippen LogP contribution is 2.31. The van der Waals surface area contributed by atoms with Crippen molar-refractivity contribution in [1.29, 1.82) is 0 Å². The predicted octanol–water partition coefficient (Wildman–Crippen LogP) is 3.10. The minimum Gasteiger partial charge on any atom is -0.478 e. The van der Waals surface area contributed by atoms with Gasteiger partial charge in [-0.2, -0.15) is 0 Å². The average Bonchev–Trinajstić information content (AvgIpc) is 2.34. The summed E-state index contributed by atoms with van der Waals surface area (Å²) < 4.78 is 5.07. The van der Waals surface area contributed by atoms with Crippen LogP contribution in [0.2, 0.25) is 5.02 Å². The average molecular weight is 301 g/mol. The van der Waals surface area contributed by atoms with E-state index in [1.54, 1.807) is 13.2 Å². The van der Waals surface area contributed by atoms with Crippen LogP contribution in [0.5, 0.6) is 0 Å². The van der Waals surface area contributed by atoms with Crippen LogP contribution in [0.1, 0.15) is 30.6 Å². The van der Waals surface area contributed by atoms with Crippen LogP contribution in [0.4, 0.5) is 11.4 Å². The third-order valence-electron chi connectivity index (χ3n) is 3.07. The topological polar surface area (TPSA) is 84.6 Å². The van der Waals surface area contributed by atoms with Gasteiger partial charge < -0.3 is 20.9 Å². The lowest BCUT2D eigenvalue weighted by Gasteiger charge is -2.26. The Morgan fingerprint density at radius 3 is 2.70 bits per heavy atom. The monoisotopic (exact) mass is 300 g/mol. The number of hydrogen-bond acceptors (Lipinski definition) is 4. The summed E-state index contributed by atoms with van der Waals surface area (Å²) in [5.74, 6) is -1.06. The van der Waals surface area contributed by atoms with Gasteiger partial charge in [0.1, 0.15) is 0 Å². The summed E-state index contributed by atoms with van der Waals surface area (Å²) in [6.45, 7) is 5.38. The molecule has 0 atom stereocenters. The number of anilines is 2. The number of hydrogen-bond donors (Lipinski definition) is 3. The Hall–Kier alpha value is -1.46. The van der Waals surface area contributed by atoms with Crippen molar-refractivity contribution < 1.29 is 14.6 Å². The van der Waals surface area contributed by atoms with Crippen LogP contribution in [-0.4, -0.2) is 31.3 Å². The second-order valence-electron chi connectivity index (χ2n) is 5.49. The van der Waals surface area contributed by atoms with Gasteiger partial charge in [0, 0.05) is 25.9 Å². The lowest BCUT2D eigenvalue weighted by atomic mass is 9.89. The minimum absolute atomic E-state index is 0.0451. The minimum atomic E-state index is -1.06. The maximum absolute atomic E-state index is 11.2. The molecule has 1 rings (SSSR count). The van der Waals surface area contributed by atoms with E-state index in [-0.39, 0.29) is 11.0 Å². The van der Waals surface area contributed by atoms with Crippen molar-refractivity contribution in [1.82, 2.24) is 0 Å². The fraction of sp³-hybridized carbons (Fsp3) is 0.500. The molecule has 0 bridgehead atoms. The zero-order chi connectivity index (χ0) is 15.3. The van der Waals surface area contributed by atoms with E-state index in [1.165, 1.54) is 6.07 Å². The van der Waals surface area contributed by atoms with Crippen LogP contribution in [0, 0.1) is 5.41 Å². The van der Waals surface area contributed by atoms with Crippen LogP contribution < -0.4 is 11.1 Å².